The van der Waals surface area contributed by atoms with Crippen molar-refractivity contribution in [2.75, 3.05) is 12.4 Å². The average Bonchev–Trinajstić information content (AvgIpc) is 2.91. The van der Waals surface area contributed by atoms with Crippen LogP contribution < -0.4 is 5.32 Å². The van der Waals surface area contributed by atoms with Gasteiger partial charge in [-0.2, -0.15) is 0 Å². The van der Waals surface area contributed by atoms with Crippen molar-refractivity contribution in [3.63, 3.8) is 0 Å². The quantitative estimate of drug-likeness (QED) is 0.652. The SMILES string of the molecule is CCSC1=C(CO)N(Cc2ccc(-c3ccccc3C(=O)O)cc2)C(C)(C)N1. The summed E-state index contributed by atoms with van der Waals surface area (Å²) in [5.74, 6) is 0.0104. The normalized spacial score (nSPS) is 15.6. The average molecular weight is 399 g/mol. The maximum absolute atomic E-state index is 11.5. The number of rotatable bonds is 7. The van der Waals surface area contributed by atoms with E-state index in [-0.39, 0.29) is 12.3 Å². The zero-order valence-electron chi connectivity index (χ0n) is 16.4. The minimum Gasteiger partial charge on any atom is -0.478 e. The molecule has 3 rings (SSSR count). The van der Waals surface area contributed by atoms with E-state index in [1.807, 2.05) is 36.4 Å². The molecular formula is C22H26N2O3S. The molecule has 0 saturated heterocycles. The largest absolute Gasteiger partial charge is 0.478 e. The highest BCUT2D eigenvalue weighted by Gasteiger charge is 2.36. The lowest BCUT2D eigenvalue weighted by molar-refractivity contribution is 0.0697. The topological polar surface area (TPSA) is 72.8 Å². The monoisotopic (exact) mass is 398 g/mol. The minimum absolute atomic E-state index is 0.0111. The Balaban J connectivity index is 1.86. The molecule has 3 N–H and O–H groups in total. The zero-order valence-corrected chi connectivity index (χ0v) is 17.2. The lowest BCUT2D eigenvalue weighted by atomic mass is 9.98. The van der Waals surface area contributed by atoms with Crippen molar-refractivity contribution in [3.8, 4) is 11.1 Å². The number of carboxylic acid groups (broad SMARTS) is 1. The number of nitrogens with one attached hydrogen (secondary N) is 1. The van der Waals surface area contributed by atoms with Gasteiger partial charge in [-0.25, -0.2) is 4.79 Å². The van der Waals surface area contributed by atoms with Gasteiger partial charge in [0.25, 0.3) is 0 Å². The number of aromatic carboxylic acids is 1. The van der Waals surface area contributed by atoms with Crippen LogP contribution in [0.25, 0.3) is 11.1 Å². The number of thioether (sulfide) groups is 1. The molecule has 148 valence electrons. The maximum atomic E-state index is 11.5. The summed E-state index contributed by atoms with van der Waals surface area (Å²) >= 11 is 1.70. The van der Waals surface area contributed by atoms with E-state index in [0.29, 0.717) is 17.7 Å². The molecule has 6 heteroatoms. The first kappa shape index (κ1) is 20.3. The van der Waals surface area contributed by atoms with E-state index in [0.717, 1.165) is 27.6 Å². The molecule has 2 aromatic carbocycles. The summed E-state index contributed by atoms with van der Waals surface area (Å²) < 4.78 is 0. The van der Waals surface area contributed by atoms with E-state index >= 15 is 0 Å². The molecule has 1 heterocycles. The molecule has 0 aliphatic carbocycles. The Hall–Kier alpha value is -2.44. The van der Waals surface area contributed by atoms with Crippen molar-refractivity contribution in [2.45, 2.75) is 33.0 Å². The van der Waals surface area contributed by atoms with Crippen LogP contribution in [0, 0.1) is 0 Å². The number of hydrogen-bond acceptors (Lipinski definition) is 5. The Morgan fingerprint density at radius 1 is 1.14 bits per heavy atom. The predicted octanol–water partition coefficient (Wildman–Crippen LogP) is 4.11. The smallest absolute Gasteiger partial charge is 0.336 e. The molecule has 0 aromatic heterocycles. The van der Waals surface area contributed by atoms with Gasteiger partial charge in [0.2, 0.25) is 0 Å². The second-order valence-corrected chi connectivity index (χ2v) is 8.46. The Morgan fingerprint density at radius 2 is 1.82 bits per heavy atom. The van der Waals surface area contributed by atoms with Crippen molar-refractivity contribution in [3.05, 3.63) is 70.4 Å². The number of hydrogen-bond donors (Lipinski definition) is 3. The van der Waals surface area contributed by atoms with Gasteiger partial charge in [0.15, 0.2) is 0 Å². The first-order valence-electron chi connectivity index (χ1n) is 9.31. The third kappa shape index (κ3) is 4.03. The number of nitrogens with zero attached hydrogens (tertiary/aromatic N) is 1. The van der Waals surface area contributed by atoms with Crippen molar-refractivity contribution < 1.29 is 15.0 Å². The van der Waals surface area contributed by atoms with Gasteiger partial charge in [-0.3, -0.25) is 0 Å². The highest BCUT2D eigenvalue weighted by atomic mass is 32.2. The molecule has 1 aliphatic heterocycles. The number of carboxylic acids is 1. The number of benzene rings is 2. The minimum atomic E-state index is -0.928. The van der Waals surface area contributed by atoms with E-state index in [9.17, 15) is 15.0 Å². The summed E-state index contributed by atoms with van der Waals surface area (Å²) in [7, 11) is 0. The fourth-order valence-corrected chi connectivity index (χ4v) is 4.44. The summed E-state index contributed by atoms with van der Waals surface area (Å²) in [5.41, 5.74) is 3.61. The Kier molecular flexibility index (Phi) is 6.01. The highest BCUT2D eigenvalue weighted by Crippen LogP contribution is 2.35. The van der Waals surface area contributed by atoms with Crippen LogP contribution in [0.15, 0.2) is 59.3 Å². The van der Waals surface area contributed by atoms with Gasteiger partial charge < -0.3 is 20.4 Å². The van der Waals surface area contributed by atoms with Crippen LogP contribution in [0.1, 0.15) is 36.7 Å². The molecule has 1 aliphatic rings. The molecule has 0 saturated carbocycles. The lowest BCUT2D eigenvalue weighted by Crippen LogP contribution is -2.47. The second kappa shape index (κ2) is 8.29. The molecule has 0 spiro atoms. The van der Waals surface area contributed by atoms with Crippen molar-refractivity contribution in [1.29, 1.82) is 0 Å². The van der Waals surface area contributed by atoms with E-state index < -0.39 is 5.97 Å². The fraction of sp³-hybridized carbons (Fsp3) is 0.318. The first-order chi connectivity index (χ1) is 13.4. The van der Waals surface area contributed by atoms with Crippen molar-refractivity contribution >= 4 is 17.7 Å². The Labute approximate surface area is 170 Å². The van der Waals surface area contributed by atoms with E-state index in [1.54, 1.807) is 23.9 Å². The third-order valence-corrected chi connectivity index (χ3v) is 5.80. The van der Waals surface area contributed by atoms with E-state index in [1.165, 1.54) is 0 Å². The van der Waals surface area contributed by atoms with Gasteiger partial charge in [-0.15, -0.1) is 11.8 Å². The van der Waals surface area contributed by atoms with Crippen LogP contribution in [0.5, 0.6) is 0 Å². The standard InChI is InChI=1S/C22H26N2O3S/c1-4-28-20-19(14-25)24(22(2,3)23-20)13-15-9-11-16(12-10-15)17-7-5-6-8-18(17)21(26)27/h5-12,23,25H,4,13-14H2,1-3H3,(H,26,27). The van der Waals surface area contributed by atoms with Crippen LogP contribution in [0.2, 0.25) is 0 Å². The maximum Gasteiger partial charge on any atom is 0.336 e. The van der Waals surface area contributed by atoms with E-state index in [4.69, 9.17) is 0 Å². The lowest BCUT2D eigenvalue weighted by Gasteiger charge is -2.35. The summed E-state index contributed by atoms with van der Waals surface area (Å²) in [5, 5.41) is 23.9. The third-order valence-electron chi connectivity index (χ3n) is 4.88. The summed E-state index contributed by atoms with van der Waals surface area (Å²) in [6, 6.07) is 15.0. The summed E-state index contributed by atoms with van der Waals surface area (Å²) in [6.07, 6.45) is 0. The van der Waals surface area contributed by atoms with Gasteiger partial charge >= 0.3 is 5.97 Å². The Bertz CT molecular complexity index is 891. The predicted molar refractivity (Wildman–Crippen MR) is 114 cm³/mol. The molecular weight excluding hydrogens is 372 g/mol. The van der Waals surface area contributed by atoms with Crippen molar-refractivity contribution in [1.82, 2.24) is 10.2 Å². The van der Waals surface area contributed by atoms with Gasteiger partial charge in [-0.05, 0) is 42.4 Å². The molecule has 0 amide bonds. The number of carbonyl (C=O) groups is 1. The van der Waals surface area contributed by atoms with E-state index in [2.05, 4.69) is 31.0 Å². The molecule has 2 aromatic rings. The van der Waals surface area contributed by atoms with Gasteiger partial charge in [0.1, 0.15) is 5.66 Å². The molecule has 0 radical (unpaired) electrons. The van der Waals surface area contributed by atoms with Crippen LogP contribution >= 0.6 is 11.8 Å². The molecule has 0 unspecified atom stereocenters. The van der Waals surface area contributed by atoms with Crippen LogP contribution in [-0.4, -0.2) is 39.1 Å². The van der Waals surface area contributed by atoms with Gasteiger partial charge in [0.05, 0.1) is 22.9 Å². The summed E-state index contributed by atoms with van der Waals surface area (Å²) in [6.45, 7) is 6.94. The molecule has 28 heavy (non-hydrogen) atoms. The van der Waals surface area contributed by atoms with Crippen LogP contribution in [-0.2, 0) is 6.54 Å². The number of aliphatic hydroxyl groups is 1. The van der Waals surface area contributed by atoms with Crippen molar-refractivity contribution in [2.24, 2.45) is 0 Å². The van der Waals surface area contributed by atoms with Crippen LogP contribution in [0.4, 0.5) is 0 Å². The van der Waals surface area contributed by atoms with Gasteiger partial charge in [-0.1, -0.05) is 49.4 Å². The molecule has 0 fully saturated rings. The molecule has 5 nitrogen and oxygen atoms in total. The first-order valence-corrected chi connectivity index (χ1v) is 10.3. The zero-order chi connectivity index (χ0) is 20.3. The highest BCUT2D eigenvalue weighted by molar-refractivity contribution is 8.03. The number of aliphatic hydroxyl groups excluding tert-OH is 1. The van der Waals surface area contributed by atoms with Gasteiger partial charge in [0, 0.05) is 6.54 Å². The molecule has 0 bridgehead atoms. The van der Waals surface area contributed by atoms with Crippen LogP contribution in [0.3, 0.4) is 0 Å². The second-order valence-electron chi connectivity index (χ2n) is 7.18. The Morgan fingerprint density at radius 3 is 2.43 bits per heavy atom. The fourth-order valence-electron chi connectivity index (χ4n) is 3.49. The molecule has 0 atom stereocenters. The summed E-state index contributed by atoms with van der Waals surface area (Å²) in [4.78, 5) is 13.7.